The molecule has 20 heavy (non-hydrogen) atoms. The Bertz CT molecular complexity index is 487. The van der Waals surface area contributed by atoms with Crippen LogP contribution < -0.4 is 10.6 Å². The summed E-state index contributed by atoms with van der Waals surface area (Å²) in [7, 11) is 1.38. The van der Waals surface area contributed by atoms with Gasteiger partial charge in [0.2, 0.25) is 0 Å². The Morgan fingerprint density at radius 3 is 2.50 bits per heavy atom. The van der Waals surface area contributed by atoms with Crippen LogP contribution in [0.1, 0.15) is 28.3 Å². The Morgan fingerprint density at radius 1 is 1.40 bits per heavy atom. The van der Waals surface area contributed by atoms with Gasteiger partial charge in [-0.3, -0.25) is 0 Å². The number of carboxylic acids is 1. The van der Waals surface area contributed by atoms with E-state index in [2.05, 4.69) is 10.6 Å². The summed E-state index contributed by atoms with van der Waals surface area (Å²) < 4.78 is 4.76. The van der Waals surface area contributed by atoms with Gasteiger partial charge >= 0.3 is 12.0 Å². The van der Waals surface area contributed by atoms with Crippen LogP contribution in [0.4, 0.5) is 4.79 Å². The number of hydrogen-bond donors (Lipinski definition) is 3. The molecule has 1 rings (SSSR count). The summed E-state index contributed by atoms with van der Waals surface area (Å²) in [5, 5.41) is 14.0. The van der Waals surface area contributed by atoms with E-state index >= 15 is 0 Å². The zero-order chi connectivity index (χ0) is 15.3. The lowest BCUT2D eigenvalue weighted by Gasteiger charge is -2.18. The lowest BCUT2D eigenvalue weighted by atomic mass is 10.1. The van der Waals surface area contributed by atoms with E-state index < -0.39 is 18.0 Å². The van der Waals surface area contributed by atoms with Gasteiger partial charge in [0.25, 0.3) is 0 Å². The normalized spacial score (nSPS) is 13.6. The number of rotatable bonds is 6. The monoisotopic (exact) mass is 300 g/mol. The van der Waals surface area contributed by atoms with Crippen molar-refractivity contribution in [1.29, 1.82) is 0 Å². The van der Waals surface area contributed by atoms with Gasteiger partial charge in [0, 0.05) is 16.9 Å². The molecule has 0 saturated heterocycles. The van der Waals surface area contributed by atoms with Gasteiger partial charge < -0.3 is 20.5 Å². The summed E-state index contributed by atoms with van der Waals surface area (Å²) in [5.74, 6) is -1.13. The van der Waals surface area contributed by atoms with Gasteiger partial charge in [-0.05, 0) is 32.4 Å². The molecule has 0 aromatic carbocycles. The van der Waals surface area contributed by atoms with Gasteiger partial charge in [-0.15, -0.1) is 11.3 Å². The van der Waals surface area contributed by atoms with Crippen LogP contribution in [0.5, 0.6) is 0 Å². The SMILES string of the molecule is COCC(NC(=O)NC(C)c1cc(C)sc1C)C(=O)O. The van der Waals surface area contributed by atoms with E-state index in [4.69, 9.17) is 9.84 Å². The second-order valence-electron chi connectivity index (χ2n) is 4.55. The highest BCUT2D eigenvalue weighted by Gasteiger charge is 2.21. The number of aryl methyl sites for hydroxylation is 2. The minimum absolute atomic E-state index is 0.0757. The van der Waals surface area contributed by atoms with Crippen molar-refractivity contribution in [1.82, 2.24) is 10.6 Å². The summed E-state index contributed by atoms with van der Waals surface area (Å²) >= 11 is 1.67. The van der Waals surface area contributed by atoms with Gasteiger partial charge in [-0.25, -0.2) is 9.59 Å². The van der Waals surface area contributed by atoms with E-state index in [1.807, 2.05) is 26.8 Å². The number of carbonyl (C=O) groups is 2. The molecule has 0 fully saturated rings. The number of carbonyl (C=O) groups excluding carboxylic acids is 1. The van der Waals surface area contributed by atoms with Crippen molar-refractivity contribution in [3.05, 3.63) is 21.4 Å². The van der Waals surface area contributed by atoms with E-state index in [0.29, 0.717) is 0 Å². The molecule has 7 heteroatoms. The number of amides is 2. The first kappa shape index (κ1) is 16.5. The van der Waals surface area contributed by atoms with Crippen LogP contribution in [-0.4, -0.2) is 36.9 Å². The highest BCUT2D eigenvalue weighted by molar-refractivity contribution is 7.12. The van der Waals surface area contributed by atoms with Crippen molar-refractivity contribution in [3.8, 4) is 0 Å². The minimum atomic E-state index is -1.13. The highest BCUT2D eigenvalue weighted by atomic mass is 32.1. The molecule has 1 heterocycles. The number of thiophene rings is 1. The van der Waals surface area contributed by atoms with Crippen molar-refractivity contribution in [3.63, 3.8) is 0 Å². The quantitative estimate of drug-likeness (QED) is 0.748. The van der Waals surface area contributed by atoms with E-state index in [1.54, 1.807) is 11.3 Å². The first-order valence-electron chi connectivity index (χ1n) is 6.20. The lowest BCUT2D eigenvalue weighted by molar-refractivity contribution is -0.140. The first-order valence-corrected chi connectivity index (χ1v) is 7.02. The number of urea groups is 1. The molecule has 2 amide bonds. The molecule has 0 aliphatic carbocycles. The van der Waals surface area contributed by atoms with Crippen LogP contribution in [0, 0.1) is 13.8 Å². The number of methoxy groups -OCH3 is 1. The predicted molar refractivity (Wildman–Crippen MR) is 77.2 cm³/mol. The maximum Gasteiger partial charge on any atom is 0.328 e. The van der Waals surface area contributed by atoms with Crippen molar-refractivity contribution in [2.75, 3.05) is 13.7 Å². The molecule has 0 bridgehead atoms. The number of hydrogen-bond acceptors (Lipinski definition) is 4. The second kappa shape index (κ2) is 7.25. The van der Waals surface area contributed by atoms with Crippen molar-refractivity contribution in [2.45, 2.75) is 32.9 Å². The van der Waals surface area contributed by atoms with Gasteiger partial charge in [-0.1, -0.05) is 0 Å². The second-order valence-corrected chi connectivity index (χ2v) is 6.01. The van der Waals surface area contributed by atoms with Crippen molar-refractivity contribution in [2.24, 2.45) is 0 Å². The molecule has 6 nitrogen and oxygen atoms in total. The summed E-state index contributed by atoms with van der Waals surface area (Å²) in [4.78, 5) is 25.0. The summed E-state index contributed by atoms with van der Waals surface area (Å²) in [5.41, 5.74) is 1.04. The van der Waals surface area contributed by atoms with Gasteiger partial charge in [0.1, 0.15) is 0 Å². The zero-order valence-corrected chi connectivity index (χ0v) is 12.8. The summed E-state index contributed by atoms with van der Waals surface area (Å²) in [6.45, 7) is 5.79. The molecule has 1 aromatic rings. The third kappa shape index (κ3) is 4.50. The standard InChI is InChI=1S/C13H20N2O4S/c1-7-5-10(9(3)20-7)8(2)14-13(18)15-11(6-19-4)12(16)17/h5,8,11H,6H2,1-4H3,(H,16,17)(H2,14,15,18). The fraction of sp³-hybridized carbons (Fsp3) is 0.538. The van der Waals surface area contributed by atoms with Gasteiger partial charge in [0.15, 0.2) is 6.04 Å². The number of nitrogens with one attached hydrogen (secondary N) is 2. The molecule has 1 aromatic heterocycles. The largest absolute Gasteiger partial charge is 0.480 e. The molecule has 3 N–H and O–H groups in total. The topological polar surface area (TPSA) is 87.7 Å². The van der Waals surface area contributed by atoms with E-state index in [9.17, 15) is 9.59 Å². The maximum absolute atomic E-state index is 11.8. The highest BCUT2D eigenvalue weighted by Crippen LogP contribution is 2.25. The fourth-order valence-corrected chi connectivity index (χ4v) is 2.92. The number of ether oxygens (including phenoxy) is 1. The van der Waals surface area contributed by atoms with Crippen molar-refractivity contribution >= 4 is 23.3 Å². The van der Waals surface area contributed by atoms with E-state index in [0.717, 1.165) is 10.4 Å². The average Bonchev–Trinajstić information content (AvgIpc) is 2.67. The van der Waals surface area contributed by atoms with E-state index in [-0.39, 0.29) is 12.6 Å². The predicted octanol–water partition coefficient (Wildman–Crippen LogP) is 1.82. The van der Waals surface area contributed by atoms with Crippen molar-refractivity contribution < 1.29 is 19.4 Å². The Hall–Kier alpha value is -1.60. The Balaban J connectivity index is 2.61. The molecule has 0 aliphatic heterocycles. The smallest absolute Gasteiger partial charge is 0.328 e. The number of aliphatic carboxylic acids is 1. The molecule has 0 saturated carbocycles. The van der Waals surface area contributed by atoms with E-state index in [1.165, 1.54) is 12.0 Å². The Kier molecular flexibility index (Phi) is 5.97. The van der Waals surface area contributed by atoms with Crippen LogP contribution in [0.3, 0.4) is 0 Å². The zero-order valence-electron chi connectivity index (χ0n) is 12.0. The van der Waals surface area contributed by atoms with Crippen LogP contribution in [0.15, 0.2) is 6.07 Å². The third-order valence-electron chi connectivity index (χ3n) is 2.83. The van der Waals surface area contributed by atoms with Crippen LogP contribution in [-0.2, 0) is 9.53 Å². The molecular formula is C13H20N2O4S. The molecule has 0 radical (unpaired) electrons. The van der Waals surface area contributed by atoms with Gasteiger partial charge in [0.05, 0.1) is 12.6 Å². The van der Waals surface area contributed by atoms with Crippen LogP contribution in [0.25, 0.3) is 0 Å². The Labute approximate surface area is 122 Å². The Morgan fingerprint density at radius 2 is 2.05 bits per heavy atom. The molecule has 0 aliphatic rings. The summed E-state index contributed by atoms with van der Waals surface area (Å²) in [6.07, 6.45) is 0. The average molecular weight is 300 g/mol. The maximum atomic E-state index is 11.8. The minimum Gasteiger partial charge on any atom is -0.480 e. The third-order valence-corrected chi connectivity index (χ3v) is 3.81. The van der Waals surface area contributed by atoms with Crippen LogP contribution >= 0.6 is 11.3 Å². The molecule has 2 unspecified atom stereocenters. The molecule has 0 spiro atoms. The number of carboxylic acid groups (broad SMARTS) is 1. The van der Waals surface area contributed by atoms with Crippen LogP contribution in [0.2, 0.25) is 0 Å². The van der Waals surface area contributed by atoms with Gasteiger partial charge in [-0.2, -0.15) is 0 Å². The first-order chi connectivity index (χ1) is 9.35. The summed E-state index contributed by atoms with van der Waals surface area (Å²) in [6, 6.07) is 0.258. The lowest BCUT2D eigenvalue weighted by Crippen LogP contribution is -2.48. The molecule has 112 valence electrons. The molecule has 2 atom stereocenters. The fourth-order valence-electron chi connectivity index (χ4n) is 1.90. The molecular weight excluding hydrogens is 280 g/mol.